The Balaban J connectivity index is 1.66. The van der Waals surface area contributed by atoms with Gasteiger partial charge in [0.25, 0.3) is 5.91 Å². The first-order valence-electron chi connectivity index (χ1n) is 8.12. The van der Waals surface area contributed by atoms with Gasteiger partial charge < -0.3 is 19.7 Å². The Morgan fingerprint density at radius 2 is 2.05 bits per heavy atom. The number of hydrogen-bond acceptors (Lipinski definition) is 4. The molecular formula is C17H24N2O3. The van der Waals surface area contributed by atoms with E-state index in [-0.39, 0.29) is 5.91 Å². The van der Waals surface area contributed by atoms with Gasteiger partial charge in [0.05, 0.1) is 5.56 Å². The largest absolute Gasteiger partial charge is 0.486 e. The van der Waals surface area contributed by atoms with Crippen molar-refractivity contribution in [3.05, 3.63) is 23.8 Å². The van der Waals surface area contributed by atoms with Gasteiger partial charge in [0.1, 0.15) is 13.2 Å². The second-order valence-corrected chi connectivity index (χ2v) is 5.96. The second kappa shape index (κ2) is 7.01. The first-order valence-corrected chi connectivity index (χ1v) is 8.12. The Kier molecular flexibility index (Phi) is 4.83. The summed E-state index contributed by atoms with van der Waals surface area (Å²) in [5.41, 5.74) is 0.630. The maximum Gasteiger partial charge on any atom is 0.257 e. The molecule has 0 atom stereocenters. The molecule has 1 aromatic rings. The van der Waals surface area contributed by atoms with E-state index >= 15 is 0 Å². The third-order valence-corrected chi connectivity index (χ3v) is 4.50. The van der Waals surface area contributed by atoms with Gasteiger partial charge in [-0.15, -0.1) is 0 Å². The molecular weight excluding hydrogens is 280 g/mol. The van der Waals surface area contributed by atoms with Gasteiger partial charge in [-0.1, -0.05) is 6.07 Å². The maximum atomic E-state index is 12.8. The molecule has 2 aliphatic rings. The third kappa shape index (κ3) is 3.19. The minimum atomic E-state index is 0.0643. The number of nitrogens with one attached hydrogen (secondary N) is 1. The Morgan fingerprint density at radius 3 is 2.82 bits per heavy atom. The molecule has 120 valence electrons. The summed E-state index contributed by atoms with van der Waals surface area (Å²) in [7, 11) is 1.99. The first kappa shape index (κ1) is 15.2. The van der Waals surface area contributed by atoms with Gasteiger partial charge in [0, 0.05) is 13.1 Å². The number of likely N-dealkylation sites (tertiary alicyclic amines) is 1. The van der Waals surface area contributed by atoms with E-state index in [0.29, 0.717) is 30.3 Å². The fourth-order valence-corrected chi connectivity index (χ4v) is 3.19. The van der Waals surface area contributed by atoms with Crippen molar-refractivity contribution in [1.29, 1.82) is 0 Å². The number of hydrogen-bond donors (Lipinski definition) is 1. The van der Waals surface area contributed by atoms with Crippen LogP contribution in [0.2, 0.25) is 0 Å². The van der Waals surface area contributed by atoms with Crippen molar-refractivity contribution in [1.82, 2.24) is 10.2 Å². The molecule has 3 rings (SSSR count). The molecule has 1 N–H and O–H groups in total. The molecule has 0 aliphatic carbocycles. The van der Waals surface area contributed by atoms with Gasteiger partial charge in [-0.25, -0.2) is 0 Å². The van der Waals surface area contributed by atoms with Crippen LogP contribution in [-0.4, -0.2) is 50.7 Å². The van der Waals surface area contributed by atoms with Crippen LogP contribution in [0.3, 0.4) is 0 Å². The summed E-state index contributed by atoms with van der Waals surface area (Å²) in [4.78, 5) is 14.7. The van der Waals surface area contributed by atoms with Crippen molar-refractivity contribution in [3.8, 4) is 11.5 Å². The highest BCUT2D eigenvalue weighted by Gasteiger charge is 2.27. The summed E-state index contributed by atoms with van der Waals surface area (Å²) in [6.45, 7) is 3.76. The van der Waals surface area contributed by atoms with Crippen LogP contribution in [0.15, 0.2) is 18.2 Å². The van der Waals surface area contributed by atoms with E-state index in [9.17, 15) is 4.79 Å². The Morgan fingerprint density at radius 1 is 1.27 bits per heavy atom. The highest BCUT2D eigenvalue weighted by atomic mass is 16.6. The lowest BCUT2D eigenvalue weighted by molar-refractivity contribution is 0.0677. The maximum absolute atomic E-state index is 12.8. The molecule has 0 saturated carbocycles. The number of para-hydroxylation sites is 1. The zero-order valence-corrected chi connectivity index (χ0v) is 13.1. The fourth-order valence-electron chi connectivity index (χ4n) is 3.19. The summed E-state index contributed by atoms with van der Waals surface area (Å²) >= 11 is 0. The van der Waals surface area contributed by atoms with Gasteiger partial charge in [0.2, 0.25) is 0 Å². The smallest absolute Gasteiger partial charge is 0.257 e. The van der Waals surface area contributed by atoms with E-state index in [1.807, 2.05) is 30.1 Å². The number of carbonyl (C=O) groups is 1. The van der Waals surface area contributed by atoms with Crippen LogP contribution in [0.25, 0.3) is 0 Å². The number of piperidine rings is 1. The van der Waals surface area contributed by atoms with E-state index in [1.54, 1.807) is 0 Å². The number of ether oxygens (including phenoxy) is 2. The lowest BCUT2D eigenvalue weighted by Crippen LogP contribution is -2.39. The van der Waals surface area contributed by atoms with E-state index in [4.69, 9.17) is 9.47 Å². The molecule has 0 bridgehead atoms. The van der Waals surface area contributed by atoms with Crippen molar-refractivity contribution in [2.45, 2.75) is 19.3 Å². The number of carbonyl (C=O) groups excluding carboxylic acids is 1. The van der Waals surface area contributed by atoms with Crippen molar-refractivity contribution in [2.24, 2.45) is 5.92 Å². The molecule has 5 heteroatoms. The first-order chi connectivity index (χ1) is 10.8. The van der Waals surface area contributed by atoms with Crippen LogP contribution in [0, 0.1) is 5.92 Å². The topological polar surface area (TPSA) is 50.8 Å². The van der Waals surface area contributed by atoms with Crippen LogP contribution in [0.5, 0.6) is 11.5 Å². The average molecular weight is 304 g/mol. The molecule has 1 aromatic carbocycles. The van der Waals surface area contributed by atoms with Gasteiger partial charge in [-0.05, 0) is 50.9 Å². The fraction of sp³-hybridized carbons (Fsp3) is 0.588. The molecule has 1 saturated heterocycles. The van der Waals surface area contributed by atoms with Gasteiger partial charge in [0.15, 0.2) is 11.5 Å². The van der Waals surface area contributed by atoms with E-state index in [2.05, 4.69) is 5.32 Å². The van der Waals surface area contributed by atoms with Crippen LogP contribution < -0.4 is 14.8 Å². The number of rotatable bonds is 4. The van der Waals surface area contributed by atoms with E-state index < -0.39 is 0 Å². The summed E-state index contributed by atoms with van der Waals surface area (Å²) in [5, 5.41) is 3.20. The normalized spacial score (nSPS) is 18.3. The second-order valence-electron chi connectivity index (χ2n) is 5.96. The van der Waals surface area contributed by atoms with Crippen LogP contribution >= 0.6 is 0 Å². The lowest BCUT2D eigenvalue weighted by Gasteiger charge is -2.32. The number of amides is 1. The van der Waals surface area contributed by atoms with Crippen molar-refractivity contribution >= 4 is 5.91 Å². The van der Waals surface area contributed by atoms with Crippen LogP contribution in [0.1, 0.15) is 29.6 Å². The van der Waals surface area contributed by atoms with Gasteiger partial charge in [-0.2, -0.15) is 0 Å². The monoisotopic (exact) mass is 304 g/mol. The zero-order valence-electron chi connectivity index (χ0n) is 13.1. The quantitative estimate of drug-likeness (QED) is 0.923. The van der Waals surface area contributed by atoms with Crippen molar-refractivity contribution in [2.75, 3.05) is 39.9 Å². The van der Waals surface area contributed by atoms with Crippen LogP contribution in [0.4, 0.5) is 0 Å². The summed E-state index contributed by atoms with van der Waals surface area (Å²) in [5.74, 6) is 2.08. The summed E-state index contributed by atoms with van der Waals surface area (Å²) in [6.07, 6.45) is 3.36. The molecule has 22 heavy (non-hydrogen) atoms. The molecule has 0 radical (unpaired) electrons. The SMILES string of the molecule is CNCCC1CCN(C(=O)c2cccc3c2OCCO3)CC1. The average Bonchev–Trinajstić information content (AvgIpc) is 2.59. The van der Waals surface area contributed by atoms with Crippen molar-refractivity contribution in [3.63, 3.8) is 0 Å². The number of benzene rings is 1. The van der Waals surface area contributed by atoms with Crippen LogP contribution in [-0.2, 0) is 0 Å². The van der Waals surface area contributed by atoms with E-state index in [1.165, 1.54) is 6.42 Å². The van der Waals surface area contributed by atoms with Gasteiger partial charge in [-0.3, -0.25) is 4.79 Å². The van der Waals surface area contributed by atoms with Crippen molar-refractivity contribution < 1.29 is 14.3 Å². The standard InChI is InChI=1S/C17H24N2O3/c1-18-8-5-13-6-9-19(10-7-13)17(20)14-3-2-4-15-16(14)22-12-11-21-15/h2-4,13,18H,5-12H2,1H3. The number of nitrogens with zero attached hydrogens (tertiary/aromatic N) is 1. The Hall–Kier alpha value is -1.75. The lowest BCUT2D eigenvalue weighted by atomic mass is 9.93. The molecule has 1 amide bonds. The Labute approximate surface area is 131 Å². The number of fused-ring (bicyclic) bond motifs is 1. The summed E-state index contributed by atoms with van der Waals surface area (Å²) < 4.78 is 11.2. The summed E-state index contributed by atoms with van der Waals surface area (Å²) in [6, 6.07) is 5.55. The minimum Gasteiger partial charge on any atom is -0.486 e. The predicted octanol–water partition coefficient (Wildman–Crippen LogP) is 1.92. The third-order valence-electron chi connectivity index (χ3n) is 4.50. The highest BCUT2D eigenvalue weighted by molar-refractivity contribution is 5.98. The molecule has 2 heterocycles. The predicted molar refractivity (Wildman–Crippen MR) is 84.6 cm³/mol. The highest BCUT2D eigenvalue weighted by Crippen LogP contribution is 2.35. The van der Waals surface area contributed by atoms with Gasteiger partial charge >= 0.3 is 0 Å². The molecule has 0 spiro atoms. The molecule has 1 fully saturated rings. The zero-order chi connectivity index (χ0) is 15.4. The van der Waals surface area contributed by atoms with E-state index in [0.717, 1.165) is 38.4 Å². The molecule has 5 nitrogen and oxygen atoms in total. The molecule has 0 aromatic heterocycles. The molecule has 2 aliphatic heterocycles. The molecule has 0 unspecified atom stereocenters. The minimum absolute atomic E-state index is 0.0643. The Bertz CT molecular complexity index is 525.